The van der Waals surface area contributed by atoms with E-state index in [4.69, 9.17) is 4.74 Å². The highest BCUT2D eigenvalue weighted by Gasteiger charge is 2.17. The van der Waals surface area contributed by atoms with Crippen molar-refractivity contribution >= 4 is 6.03 Å². The van der Waals surface area contributed by atoms with Gasteiger partial charge in [0.15, 0.2) is 0 Å². The van der Waals surface area contributed by atoms with Crippen LogP contribution in [-0.2, 0) is 6.42 Å². The molecule has 0 saturated carbocycles. The number of carbonyl (C=O) groups excluding carboxylic acids is 1. The highest BCUT2D eigenvalue weighted by molar-refractivity contribution is 5.74. The SMILES string of the molecule is COc1ccc(C)cc1CCNC(=O)NC(c1ccccc1)C(C)C. The van der Waals surface area contributed by atoms with Gasteiger partial charge >= 0.3 is 6.03 Å². The molecule has 2 rings (SSSR count). The van der Waals surface area contributed by atoms with Gasteiger partial charge in [0, 0.05) is 6.54 Å². The number of amides is 2. The van der Waals surface area contributed by atoms with Gasteiger partial charge in [-0.1, -0.05) is 61.9 Å². The summed E-state index contributed by atoms with van der Waals surface area (Å²) in [7, 11) is 1.67. The van der Waals surface area contributed by atoms with Crippen molar-refractivity contribution in [3.8, 4) is 5.75 Å². The van der Waals surface area contributed by atoms with E-state index in [2.05, 4.69) is 37.5 Å². The maximum absolute atomic E-state index is 12.3. The van der Waals surface area contributed by atoms with Crippen LogP contribution in [0.15, 0.2) is 48.5 Å². The lowest BCUT2D eigenvalue weighted by Crippen LogP contribution is -2.40. The second kappa shape index (κ2) is 9.11. The predicted molar refractivity (Wildman–Crippen MR) is 102 cm³/mol. The highest BCUT2D eigenvalue weighted by Crippen LogP contribution is 2.21. The molecule has 0 radical (unpaired) electrons. The van der Waals surface area contributed by atoms with E-state index in [-0.39, 0.29) is 12.1 Å². The molecule has 4 heteroatoms. The number of benzene rings is 2. The number of carbonyl (C=O) groups is 1. The number of rotatable bonds is 7. The number of hydrogen-bond donors (Lipinski definition) is 2. The second-order valence-corrected chi connectivity index (χ2v) is 6.60. The molecule has 0 aliphatic carbocycles. The lowest BCUT2D eigenvalue weighted by molar-refractivity contribution is 0.233. The first-order valence-corrected chi connectivity index (χ1v) is 8.74. The van der Waals surface area contributed by atoms with E-state index in [0.717, 1.165) is 23.3 Å². The molecule has 0 bridgehead atoms. The van der Waals surface area contributed by atoms with Crippen molar-refractivity contribution in [3.05, 3.63) is 65.2 Å². The second-order valence-electron chi connectivity index (χ2n) is 6.60. The van der Waals surface area contributed by atoms with Gasteiger partial charge in [0.25, 0.3) is 0 Å². The summed E-state index contributed by atoms with van der Waals surface area (Å²) in [6.45, 7) is 6.83. The number of nitrogens with one attached hydrogen (secondary N) is 2. The number of urea groups is 1. The fraction of sp³-hybridized carbons (Fsp3) is 0.381. The summed E-state index contributed by atoms with van der Waals surface area (Å²) in [5.41, 5.74) is 3.41. The molecule has 1 unspecified atom stereocenters. The van der Waals surface area contributed by atoms with Crippen molar-refractivity contribution in [2.45, 2.75) is 33.2 Å². The van der Waals surface area contributed by atoms with E-state index in [0.29, 0.717) is 12.5 Å². The molecule has 134 valence electrons. The van der Waals surface area contributed by atoms with Crippen LogP contribution in [0.1, 0.15) is 36.6 Å². The Morgan fingerprint density at radius 2 is 1.84 bits per heavy atom. The predicted octanol–water partition coefficient (Wildman–Crippen LogP) is 4.24. The number of methoxy groups -OCH3 is 1. The van der Waals surface area contributed by atoms with Gasteiger partial charge in [-0.25, -0.2) is 4.79 Å². The van der Waals surface area contributed by atoms with Crippen molar-refractivity contribution in [2.24, 2.45) is 5.92 Å². The van der Waals surface area contributed by atoms with Crippen LogP contribution in [0.25, 0.3) is 0 Å². The summed E-state index contributed by atoms with van der Waals surface area (Å²) in [5, 5.41) is 6.03. The Morgan fingerprint density at radius 1 is 1.12 bits per heavy atom. The summed E-state index contributed by atoms with van der Waals surface area (Å²) in [6, 6.07) is 16.0. The van der Waals surface area contributed by atoms with E-state index in [9.17, 15) is 4.79 Å². The van der Waals surface area contributed by atoms with Gasteiger partial charge in [0.1, 0.15) is 5.75 Å². The quantitative estimate of drug-likeness (QED) is 0.792. The molecule has 2 aromatic carbocycles. The average molecular weight is 340 g/mol. The molecule has 0 spiro atoms. The fourth-order valence-corrected chi connectivity index (χ4v) is 2.90. The maximum Gasteiger partial charge on any atom is 0.315 e. The van der Waals surface area contributed by atoms with Crippen molar-refractivity contribution in [2.75, 3.05) is 13.7 Å². The van der Waals surface area contributed by atoms with Crippen molar-refractivity contribution < 1.29 is 9.53 Å². The standard InChI is InChI=1S/C21H28N2O2/c1-15(2)20(17-8-6-5-7-9-17)23-21(24)22-13-12-18-14-16(3)10-11-19(18)25-4/h5-11,14-15,20H,12-13H2,1-4H3,(H2,22,23,24). The van der Waals surface area contributed by atoms with Crippen molar-refractivity contribution in [3.63, 3.8) is 0 Å². The molecule has 25 heavy (non-hydrogen) atoms. The van der Waals surface area contributed by atoms with Crippen LogP contribution in [0.4, 0.5) is 4.79 Å². The van der Waals surface area contributed by atoms with E-state index >= 15 is 0 Å². The van der Waals surface area contributed by atoms with Gasteiger partial charge in [-0.05, 0) is 36.5 Å². The third-order valence-corrected chi connectivity index (χ3v) is 4.23. The lowest BCUT2D eigenvalue weighted by Gasteiger charge is -2.23. The van der Waals surface area contributed by atoms with Gasteiger partial charge < -0.3 is 15.4 Å². The Morgan fingerprint density at radius 3 is 2.48 bits per heavy atom. The molecule has 2 amide bonds. The first-order valence-electron chi connectivity index (χ1n) is 8.74. The molecule has 0 heterocycles. The van der Waals surface area contributed by atoms with Gasteiger partial charge in [0.05, 0.1) is 13.2 Å². The van der Waals surface area contributed by atoms with E-state index in [1.807, 2.05) is 42.5 Å². The normalized spacial score (nSPS) is 11.9. The monoisotopic (exact) mass is 340 g/mol. The Labute approximate surface area is 150 Å². The maximum atomic E-state index is 12.3. The molecule has 4 nitrogen and oxygen atoms in total. The summed E-state index contributed by atoms with van der Waals surface area (Å²) in [6.07, 6.45) is 0.732. The molecular formula is C21H28N2O2. The lowest BCUT2D eigenvalue weighted by atomic mass is 9.96. The minimum absolute atomic E-state index is 0.00490. The first kappa shape index (κ1) is 18.8. The molecule has 0 aliphatic rings. The van der Waals surface area contributed by atoms with Gasteiger partial charge in [0.2, 0.25) is 0 Å². The molecule has 2 N–H and O–H groups in total. The first-order chi connectivity index (χ1) is 12.0. The fourth-order valence-electron chi connectivity index (χ4n) is 2.90. The van der Waals surface area contributed by atoms with Gasteiger partial charge in [-0.2, -0.15) is 0 Å². The highest BCUT2D eigenvalue weighted by atomic mass is 16.5. The minimum Gasteiger partial charge on any atom is -0.496 e. The van der Waals surface area contributed by atoms with Crippen LogP contribution in [0.5, 0.6) is 5.75 Å². The summed E-state index contributed by atoms with van der Waals surface area (Å²) in [5.74, 6) is 1.17. The molecule has 0 saturated heterocycles. The largest absolute Gasteiger partial charge is 0.496 e. The Balaban J connectivity index is 1.91. The molecular weight excluding hydrogens is 312 g/mol. The molecule has 1 atom stereocenters. The Kier molecular flexibility index (Phi) is 6.87. The summed E-state index contributed by atoms with van der Waals surface area (Å²) in [4.78, 5) is 12.3. The molecule has 0 aliphatic heterocycles. The van der Waals surface area contributed by atoms with Crippen molar-refractivity contribution in [1.29, 1.82) is 0 Å². The molecule has 2 aromatic rings. The molecule has 0 fully saturated rings. The average Bonchev–Trinajstić information content (AvgIpc) is 2.60. The van der Waals surface area contributed by atoms with Crippen LogP contribution in [-0.4, -0.2) is 19.7 Å². The zero-order valence-electron chi connectivity index (χ0n) is 15.5. The van der Waals surface area contributed by atoms with E-state index < -0.39 is 0 Å². The third kappa shape index (κ3) is 5.52. The number of ether oxygens (including phenoxy) is 1. The zero-order valence-corrected chi connectivity index (χ0v) is 15.5. The minimum atomic E-state index is -0.144. The summed E-state index contributed by atoms with van der Waals surface area (Å²) < 4.78 is 5.38. The van der Waals surface area contributed by atoms with Crippen LogP contribution in [0.3, 0.4) is 0 Å². The van der Waals surface area contributed by atoms with Gasteiger partial charge in [-0.15, -0.1) is 0 Å². The van der Waals surface area contributed by atoms with Crippen LogP contribution >= 0.6 is 0 Å². The molecule has 0 aromatic heterocycles. The van der Waals surface area contributed by atoms with E-state index in [1.165, 1.54) is 5.56 Å². The smallest absolute Gasteiger partial charge is 0.315 e. The summed E-state index contributed by atoms with van der Waals surface area (Å²) >= 11 is 0. The third-order valence-electron chi connectivity index (χ3n) is 4.23. The van der Waals surface area contributed by atoms with E-state index in [1.54, 1.807) is 7.11 Å². The van der Waals surface area contributed by atoms with Crippen LogP contribution < -0.4 is 15.4 Å². The van der Waals surface area contributed by atoms with Crippen molar-refractivity contribution in [1.82, 2.24) is 10.6 Å². The van der Waals surface area contributed by atoms with Crippen LogP contribution in [0, 0.1) is 12.8 Å². The number of aryl methyl sites for hydroxylation is 1. The van der Waals surface area contributed by atoms with Gasteiger partial charge in [-0.3, -0.25) is 0 Å². The topological polar surface area (TPSA) is 50.4 Å². The number of hydrogen-bond acceptors (Lipinski definition) is 2. The zero-order chi connectivity index (χ0) is 18.2. The van der Waals surface area contributed by atoms with Crippen LogP contribution in [0.2, 0.25) is 0 Å². The Bertz CT molecular complexity index is 684. The Hall–Kier alpha value is -2.49.